The zero-order valence-corrected chi connectivity index (χ0v) is 20.4. The van der Waals surface area contributed by atoms with Crippen LogP contribution in [0.25, 0.3) is 33.1 Å². The van der Waals surface area contributed by atoms with Gasteiger partial charge in [0.25, 0.3) is 0 Å². The van der Waals surface area contributed by atoms with Gasteiger partial charge in [-0.15, -0.1) is 0 Å². The van der Waals surface area contributed by atoms with Gasteiger partial charge in [0.15, 0.2) is 5.65 Å². The Morgan fingerprint density at radius 1 is 0.730 bits per heavy atom. The number of anilines is 2. The lowest BCUT2D eigenvalue weighted by Crippen LogP contribution is -2.34. The highest BCUT2D eigenvalue weighted by molar-refractivity contribution is 5.96. The Balaban J connectivity index is 1.20. The second kappa shape index (κ2) is 8.12. The van der Waals surface area contributed by atoms with Crippen molar-refractivity contribution in [2.75, 3.05) is 10.6 Å². The third-order valence-electron chi connectivity index (χ3n) is 7.95. The van der Waals surface area contributed by atoms with Crippen molar-refractivity contribution in [2.24, 2.45) is 0 Å². The topological polar surface area (TPSA) is 101 Å². The summed E-state index contributed by atoms with van der Waals surface area (Å²) in [6, 6.07) is 11.0. The smallest absolute Gasteiger partial charge is 0.223 e. The van der Waals surface area contributed by atoms with Crippen LogP contribution in [0.3, 0.4) is 0 Å². The third-order valence-corrected chi connectivity index (χ3v) is 7.95. The molecule has 8 nitrogen and oxygen atoms in total. The van der Waals surface area contributed by atoms with Crippen molar-refractivity contribution in [3.63, 3.8) is 0 Å². The summed E-state index contributed by atoms with van der Waals surface area (Å²) in [5.41, 5.74) is 2.90. The van der Waals surface area contributed by atoms with E-state index >= 15 is 4.39 Å². The highest BCUT2D eigenvalue weighted by atomic mass is 19.1. The Kier molecular flexibility index (Phi) is 4.82. The molecule has 7 rings (SSSR count). The minimum Gasteiger partial charge on any atom is -0.349 e. The largest absolute Gasteiger partial charge is 0.349 e. The van der Waals surface area contributed by atoms with Crippen molar-refractivity contribution >= 4 is 33.8 Å². The summed E-state index contributed by atoms with van der Waals surface area (Å²) < 4.78 is 15.9. The molecule has 184 valence electrons. The molecule has 0 atom stereocenters. The predicted molar refractivity (Wildman–Crippen MR) is 141 cm³/mol. The van der Waals surface area contributed by atoms with Gasteiger partial charge in [0.2, 0.25) is 11.9 Å². The molecule has 37 heavy (non-hydrogen) atoms. The van der Waals surface area contributed by atoms with E-state index in [0.717, 1.165) is 43.1 Å². The van der Waals surface area contributed by atoms with Crippen molar-refractivity contribution in [1.29, 1.82) is 0 Å². The molecule has 0 spiro atoms. The first kappa shape index (κ1) is 22.0. The molecule has 2 fully saturated rings. The summed E-state index contributed by atoms with van der Waals surface area (Å²) in [5, 5.41) is 8.45. The van der Waals surface area contributed by atoms with Gasteiger partial charge in [0.1, 0.15) is 5.82 Å². The molecule has 4 heterocycles. The summed E-state index contributed by atoms with van der Waals surface area (Å²) in [7, 11) is 0. The van der Waals surface area contributed by atoms with E-state index in [4.69, 9.17) is 9.97 Å². The Labute approximate surface area is 212 Å². The zero-order chi connectivity index (χ0) is 25.0. The average molecular weight is 493 g/mol. The zero-order valence-electron chi connectivity index (χ0n) is 20.4. The first-order valence-electron chi connectivity index (χ1n) is 12.5. The molecule has 5 aromatic rings. The quantitative estimate of drug-likeness (QED) is 0.334. The van der Waals surface area contributed by atoms with Crippen LogP contribution in [0, 0.1) is 12.7 Å². The van der Waals surface area contributed by atoms with Gasteiger partial charge in [-0.3, -0.25) is 0 Å². The number of aryl methyl sites for hydroxylation is 1. The number of halogens is 1. The van der Waals surface area contributed by atoms with Gasteiger partial charge >= 0.3 is 0 Å². The van der Waals surface area contributed by atoms with E-state index in [0.29, 0.717) is 39.7 Å². The number of pyridine rings is 2. The van der Waals surface area contributed by atoms with Gasteiger partial charge in [0, 0.05) is 46.8 Å². The Bertz CT molecular complexity index is 1640. The van der Waals surface area contributed by atoms with Gasteiger partial charge in [-0.2, -0.15) is 0 Å². The molecule has 9 heteroatoms. The molecule has 0 amide bonds. The molecule has 0 saturated heterocycles. The minimum atomic E-state index is -0.330. The molecule has 1 aromatic carbocycles. The Hall–Kier alpha value is -4.27. The summed E-state index contributed by atoms with van der Waals surface area (Å²) >= 11 is 0. The van der Waals surface area contributed by atoms with Crippen molar-refractivity contribution < 1.29 is 4.39 Å². The monoisotopic (exact) mass is 492 g/mol. The molecule has 2 N–H and O–H groups in total. The number of rotatable bonds is 5. The van der Waals surface area contributed by atoms with Crippen molar-refractivity contribution in [3.8, 4) is 11.1 Å². The number of aromatic nitrogens is 6. The number of nitrogens with zero attached hydrogens (tertiary/aromatic N) is 6. The van der Waals surface area contributed by atoms with Crippen molar-refractivity contribution in [1.82, 2.24) is 29.9 Å². The van der Waals surface area contributed by atoms with E-state index in [1.54, 1.807) is 30.9 Å². The SMILES string of the molecule is Cc1nc(NC23CCC(Nc4ncccn4)(CC2)C3)nc2ccc(-c3ccnc4ncccc34)c(F)c12. The second-order valence-electron chi connectivity index (χ2n) is 10.2. The maximum absolute atomic E-state index is 15.9. The number of fused-ring (bicyclic) bond motifs is 4. The van der Waals surface area contributed by atoms with Crippen LogP contribution in [0.2, 0.25) is 0 Å². The Morgan fingerprint density at radius 3 is 2.22 bits per heavy atom. The van der Waals surface area contributed by atoms with Crippen LogP contribution in [0.15, 0.2) is 61.2 Å². The molecular formula is C28H25FN8. The molecule has 2 bridgehead atoms. The summed E-state index contributed by atoms with van der Waals surface area (Å²) in [4.78, 5) is 26.8. The highest BCUT2D eigenvalue weighted by Crippen LogP contribution is 2.53. The lowest BCUT2D eigenvalue weighted by molar-refractivity contribution is 0.426. The van der Waals surface area contributed by atoms with Crippen LogP contribution < -0.4 is 10.6 Å². The lowest BCUT2D eigenvalue weighted by atomic mass is 9.91. The fourth-order valence-electron chi connectivity index (χ4n) is 6.22. The maximum Gasteiger partial charge on any atom is 0.223 e. The number of hydrogen-bond acceptors (Lipinski definition) is 8. The number of benzene rings is 1. The molecule has 2 saturated carbocycles. The first-order valence-corrected chi connectivity index (χ1v) is 12.5. The minimum absolute atomic E-state index is 0.0244. The van der Waals surface area contributed by atoms with Crippen LogP contribution in [0.4, 0.5) is 16.3 Å². The molecular weight excluding hydrogens is 467 g/mol. The molecule has 2 aliphatic rings. The summed E-state index contributed by atoms with van der Waals surface area (Å²) in [6.45, 7) is 1.84. The highest BCUT2D eigenvalue weighted by Gasteiger charge is 2.55. The first-order chi connectivity index (χ1) is 18.0. The summed E-state index contributed by atoms with van der Waals surface area (Å²) in [5.74, 6) is 0.885. The number of nitrogens with one attached hydrogen (secondary N) is 2. The van der Waals surface area contributed by atoms with Crippen LogP contribution in [0.1, 0.15) is 37.8 Å². The molecule has 4 aromatic heterocycles. The van der Waals surface area contributed by atoms with E-state index in [-0.39, 0.29) is 16.9 Å². The number of hydrogen-bond donors (Lipinski definition) is 2. The van der Waals surface area contributed by atoms with Crippen LogP contribution in [0.5, 0.6) is 0 Å². The lowest BCUT2D eigenvalue weighted by Gasteiger charge is -2.29. The van der Waals surface area contributed by atoms with Crippen molar-refractivity contribution in [3.05, 3.63) is 72.7 Å². The summed E-state index contributed by atoms with van der Waals surface area (Å²) in [6.07, 6.45) is 11.9. The average Bonchev–Trinajstić information content (AvgIpc) is 3.44. The van der Waals surface area contributed by atoms with Gasteiger partial charge < -0.3 is 10.6 Å². The van der Waals surface area contributed by atoms with Gasteiger partial charge in [-0.1, -0.05) is 0 Å². The van der Waals surface area contributed by atoms with Crippen molar-refractivity contribution in [2.45, 2.75) is 50.1 Å². The van der Waals surface area contributed by atoms with Gasteiger partial charge in [-0.25, -0.2) is 34.3 Å². The standard InChI is InChI=1S/C28H25FN8/c1-17-22-21(6-5-19(23(22)29)18-7-15-31-24-20(18)4-2-12-30-24)35-26(34-17)37-28-10-8-27(16-28,9-11-28)36-25-32-13-3-14-33-25/h2-7,12-15H,8-11,16H2,1H3,(H,32,33,36)(H,34,35,37). The Morgan fingerprint density at radius 2 is 1.43 bits per heavy atom. The second-order valence-corrected chi connectivity index (χ2v) is 10.2. The fourth-order valence-corrected chi connectivity index (χ4v) is 6.22. The maximum atomic E-state index is 15.9. The normalized spacial score (nSPS) is 22.5. The van der Waals surface area contributed by atoms with E-state index in [9.17, 15) is 0 Å². The van der Waals surface area contributed by atoms with E-state index < -0.39 is 0 Å². The molecule has 0 unspecified atom stereocenters. The fraction of sp³-hybridized carbons (Fsp3) is 0.286. The third kappa shape index (κ3) is 3.64. The molecule has 2 aliphatic carbocycles. The van der Waals surface area contributed by atoms with E-state index in [1.165, 1.54) is 0 Å². The van der Waals surface area contributed by atoms with Crippen LogP contribution in [-0.2, 0) is 0 Å². The molecule has 0 radical (unpaired) electrons. The molecule has 0 aliphatic heterocycles. The van der Waals surface area contributed by atoms with E-state index in [1.807, 2.05) is 37.3 Å². The van der Waals surface area contributed by atoms with Gasteiger partial charge in [0.05, 0.1) is 16.6 Å². The van der Waals surface area contributed by atoms with Crippen LogP contribution in [-0.4, -0.2) is 41.0 Å². The predicted octanol–water partition coefficient (Wildman–Crippen LogP) is 5.46. The van der Waals surface area contributed by atoms with Gasteiger partial charge in [-0.05, 0) is 81.0 Å². The van der Waals surface area contributed by atoms with Crippen LogP contribution >= 0.6 is 0 Å². The van der Waals surface area contributed by atoms with E-state index in [2.05, 4.69) is 30.6 Å².